The quantitative estimate of drug-likeness (QED) is 0.129. The maximum absolute atomic E-state index is 14.7. The number of hydrogen-bond acceptors (Lipinski definition) is 2. The average molecular weight is 1020 g/mol. The Bertz CT molecular complexity index is 2120. The maximum atomic E-state index is 14.7. The molecule has 1 N–H and O–H groups in total. The number of ether oxygens (including phenoxy) is 1. The van der Waals surface area contributed by atoms with Crippen LogP contribution in [0.4, 0.5) is 119 Å². The molecule has 3 aromatic rings. The van der Waals surface area contributed by atoms with Gasteiger partial charge in [0.05, 0.1) is 0 Å². The van der Waals surface area contributed by atoms with E-state index >= 15 is 0 Å². The normalized spacial score (nSPS) is 15.4. The minimum Gasteiger partial charge on any atom is -0.449 e. The summed E-state index contributed by atoms with van der Waals surface area (Å²) in [6.45, 7) is -1.15. The molecule has 4 rings (SSSR count). The molecule has 0 aliphatic heterocycles. The van der Waals surface area contributed by atoms with Crippen molar-refractivity contribution in [2.24, 2.45) is 0 Å². The SMILES string of the molecule is O=C(NCc1ccccc1)OCC1c2cc(CCC(F)(F)C(F)(F)C(F)(F)C(F)(F)C(F)(F)C(F)(F)F)ccc2-c2ccc(CCC(F)(F)C(F)(F)C(F)(F)C(F)(F)C(F)(F)C(F)(F)F)cc21. The summed E-state index contributed by atoms with van der Waals surface area (Å²) in [6, 6.07) is 12.5. The van der Waals surface area contributed by atoms with Crippen LogP contribution in [0.25, 0.3) is 11.1 Å². The Morgan fingerprint density at radius 1 is 0.433 bits per heavy atom. The molecule has 3 aromatic carbocycles. The second kappa shape index (κ2) is 17.3. The molecule has 1 aliphatic carbocycles. The van der Waals surface area contributed by atoms with Gasteiger partial charge in [-0.2, -0.15) is 114 Å². The smallest absolute Gasteiger partial charge is 0.449 e. The lowest BCUT2D eigenvalue weighted by atomic mass is 9.90. The van der Waals surface area contributed by atoms with E-state index in [9.17, 15) is 119 Å². The van der Waals surface area contributed by atoms with Gasteiger partial charge in [0, 0.05) is 25.3 Å². The van der Waals surface area contributed by atoms with Crippen LogP contribution in [0.1, 0.15) is 46.6 Å². The van der Waals surface area contributed by atoms with Crippen LogP contribution in [0.15, 0.2) is 66.7 Å². The molecule has 0 atom stereocenters. The Kier molecular flexibility index (Phi) is 14.1. The summed E-state index contributed by atoms with van der Waals surface area (Å²) in [5.41, 5.74) is -1.56. The summed E-state index contributed by atoms with van der Waals surface area (Å²) in [7, 11) is 0. The number of carbonyl (C=O) groups is 1. The number of alkyl carbamates (subject to hydrolysis) is 1. The van der Waals surface area contributed by atoms with Gasteiger partial charge in [0.25, 0.3) is 0 Å². The monoisotopic (exact) mass is 1020 g/mol. The minimum atomic E-state index is -8.17. The Morgan fingerprint density at radius 3 is 1.12 bits per heavy atom. The molecule has 0 fully saturated rings. The minimum absolute atomic E-state index is 0.0921. The molecule has 1 aliphatic rings. The topological polar surface area (TPSA) is 38.3 Å². The predicted molar refractivity (Wildman–Crippen MR) is 177 cm³/mol. The van der Waals surface area contributed by atoms with Gasteiger partial charge in [-0.05, 0) is 51.8 Å². The van der Waals surface area contributed by atoms with Crippen LogP contribution >= 0.6 is 0 Å². The first kappa shape index (κ1) is 54.7. The summed E-state index contributed by atoms with van der Waals surface area (Å²) >= 11 is 0. The number of amides is 1. The van der Waals surface area contributed by atoms with Crippen molar-refractivity contribution in [3.63, 3.8) is 0 Å². The van der Waals surface area contributed by atoms with Crippen molar-refractivity contribution in [3.8, 4) is 11.1 Å². The highest BCUT2D eigenvalue weighted by atomic mass is 19.4. The van der Waals surface area contributed by atoms with E-state index in [4.69, 9.17) is 4.74 Å². The standard InChI is InChI=1S/C38H25F26NO2/c39-27(40,29(43,44)31(47,48)33(51,52)35(55,56)37(59,60)61)12-10-18-6-8-21-22-9-7-19(11-13-28(41,42)30(45,46)32(49,50)34(53,54)36(57,58)38(62,63)64)15-24(22)25(23(21)14-18)17-67-26(66)65-16-20-4-2-1-3-5-20/h1-9,14-15,25H,10-13,16-17H2,(H,65,66). The van der Waals surface area contributed by atoms with Gasteiger partial charge in [0.2, 0.25) is 0 Å². The number of aryl methyl sites for hydroxylation is 2. The molecule has 0 radical (unpaired) electrons. The van der Waals surface area contributed by atoms with Gasteiger partial charge in [-0.25, -0.2) is 4.79 Å². The number of carbonyl (C=O) groups excluding carboxylic acids is 1. The molecule has 376 valence electrons. The van der Waals surface area contributed by atoms with Crippen molar-refractivity contribution in [1.82, 2.24) is 5.32 Å². The Balaban J connectivity index is 1.66. The van der Waals surface area contributed by atoms with Gasteiger partial charge in [-0.3, -0.25) is 0 Å². The van der Waals surface area contributed by atoms with Crippen molar-refractivity contribution < 1.29 is 124 Å². The first-order valence-corrected chi connectivity index (χ1v) is 18.1. The summed E-state index contributed by atoms with van der Waals surface area (Å²) in [5, 5.41) is 2.26. The molecule has 0 bridgehead atoms. The van der Waals surface area contributed by atoms with E-state index in [-0.39, 0.29) is 28.8 Å². The molecule has 29 heteroatoms. The fraction of sp³-hybridized carbons (Fsp3) is 0.500. The molecule has 0 spiro atoms. The number of fused-ring (bicyclic) bond motifs is 3. The van der Waals surface area contributed by atoms with E-state index < -0.39 is 127 Å². The summed E-state index contributed by atoms with van der Waals surface area (Å²) < 4.78 is 360. The van der Waals surface area contributed by atoms with Crippen LogP contribution in [-0.2, 0) is 24.1 Å². The van der Waals surface area contributed by atoms with Gasteiger partial charge in [-0.15, -0.1) is 0 Å². The number of benzene rings is 3. The zero-order chi connectivity index (χ0) is 51.6. The molecule has 0 aromatic heterocycles. The largest absolute Gasteiger partial charge is 0.460 e. The molecule has 0 saturated heterocycles. The van der Waals surface area contributed by atoms with E-state index in [2.05, 4.69) is 5.32 Å². The summed E-state index contributed by atoms with van der Waals surface area (Å²) in [4.78, 5) is 12.6. The van der Waals surface area contributed by atoms with Crippen molar-refractivity contribution >= 4 is 6.09 Å². The lowest BCUT2D eigenvalue weighted by Gasteiger charge is -2.39. The molecule has 0 heterocycles. The van der Waals surface area contributed by atoms with Gasteiger partial charge in [0.1, 0.15) is 6.61 Å². The fourth-order valence-corrected chi connectivity index (χ4v) is 6.45. The van der Waals surface area contributed by atoms with E-state index in [1.54, 1.807) is 18.2 Å². The summed E-state index contributed by atoms with van der Waals surface area (Å²) in [5.74, 6) is -78.3. The molecule has 0 unspecified atom stereocenters. The Morgan fingerprint density at radius 2 is 0.776 bits per heavy atom. The van der Waals surface area contributed by atoms with Crippen molar-refractivity contribution in [2.45, 2.75) is 110 Å². The van der Waals surface area contributed by atoms with Gasteiger partial charge in [-0.1, -0.05) is 66.7 Å². The van der Waals surface area contributed by atoms with E-state index in [0.717, 1.165) is 36.4 Å². The Hall–Kier alpha value is -4.89. The van der Waals surface area contributed by atoms with Crippen LogP contribution < -0.4 is 5.32 Å². The number of alkyl halides is 26. The fourth-order valence-electron chi connectivity index (χ4n) is 6.45. The van der Waals surface area contributed by atoms with Crippen LogP contribution in [-0.4, -0.2) is 84.3 Å². The molecule has 3 nitrogen and oxygen atoms in total. The third-order valence-corrected chi connectivity index (χ3v) is 10.4. The second-order valence-corrected chi connectivity index (χ2v) is 14.8. The van der Waals surface area contributed by atoms with Gasteiger partial charge < -0.3 is 10.1 Å². The predicted octanol–water partition coefficient (Wildman–Crippen LogP) is 14.1. The van der Waals surface area contributed by atoms with Crippen LogP contribution in [0.5, 0.6) is 0 Å². The zero-order valence-corrected chi connectivity index (χ0v) is 32.3. The summed E-state index contributed by atoms with van der Waals surface area (Å²) in [6.07, 6.45) is -25.1. The number of rotatable bonds is 18. The highest BCUT2D eigenvalue weighted by Gasteiger charge is 2.92. The average Bonchev–Trinajstić information content (AvgIpc) is 3.51. The van der Waals surface area contributed by atoms with Crippen LogP contribution in [0.3, 0.4) is 0 Å². The van der Waals surface area contributed by atoms with E-state index in [1.807, 2.05) is 0 Å². The van der Waals surface area contributed by atoms with Crippen molar-refractivity contribution in [3.05, 3.63) is 94.5 Å². The second-order valence-electron chi connectivity index (χ2n) is 14.8. The molecule has 67 heavy (non-hydrogen) atoms. The van der Waals surface area contributed by atoms with Crippen molar-refractivity contribution in [1.29, 1.82) is 0 Å². The molecule has 0 saturated carbocycles. The number of hydrogen-bond donors (Lipinski definition) is 1. The highest BCUT2D eigenvalue weighted by Crippen LogP contribution is 2.62. The number of halogens is 26. The Labute approximate surface area is 357 Å². The lowest BCUT2D eigenvalue weighted by Crippen LogP contribution is -2.70. The zero-order valence-electron chi connectivity index (χ0n) is 32.3. The third kappa shape index (κ3) is 9.11. The molecular formula is C38H25F26NO2. The first-order chi connectivity index (χ1) is 30.0. The highest BCUT2D eigenvalue weighted by molar-refractivity contribution is 5.80. The van der Waals surface area contributed by atoms with Gasteiger partial charge in [0.15, 0.2) is 0 Å². The number of nitrogens with one attached hydrogen (secondary N) is 1. The van der Waals surface area contributed by atoms with Gasteiger partial charge >= 0.3 is 77.7 Å². The third-order valence-electron chi connectivity index (χ3n) is 10.4. The van der Waals surface area contributed by atoms with Crippen LogP contribution in [0, 0.1) is 0 Å². The van der Waals surface area contributed by atoms with E-state index in [1.165, 1.54) is 12.1 Å². The molecule has 1 amide bonds. The van der Waals surface area contributed by atoms with E-state index in [0.29, 0.717) is 5.56 Å². The molecular weight excluding hydrogens is 996 g/mol. The maximum Gasteiger partial charge on any atom is 0.460 e. The van der Waals surface area contributed by atoms with Crippen LogP contribution in [0.2, 0.25) is 0 Å². The lowest BCUT2D eigenvalue weighted by molar-refractivity contribution is -0.440. The van der Waals surface area contributed by atoms with Crippen molar-refractivity contribution in [2.75, 3.05) is 6.61 Å². The first-order valence-electron chi connectivity index (χ1n) is 18.1.